The molecule has 1 N–H and O–H groups in total. The standard InChI is InChI=1S/C23H24F3N7O3/c1-14-11-15(13-28-31-14)21(35)33-7-5-19(34)27-6-8-32(9-10-33)20-17-12-16(36-2)3-4-18(17)29-22(30-20)23(24,25)26/h3-4,11-13H,5-10H2,1-2H3,(H,27,34). The first-order chi connectivity index (χ1) is 17.2. The van der Waals surface area contributed by atoms with Crippen LogP contribution < -0.4 is 15.0 Å². The van der Waals surface area contributed by atoms with Crippen LogP contribution in [0.2, 0.25) is 0 Å². The molecule has 36 heavy (non-hydrogen) atoms. The van der Waals surface area contributed by atoms with E-state index < -0.39 is 12.0 Å². The fourth-order valence-corrected chi connectivity index (χ4v) is 3.89. The molecular weight excluding hydrogens is 479 g/mol. The van der Waals surface area contributed by atoms with Crippen molar-refractivity contribution in [3.05, 3.63) is 47.5 Å². The van der Waals surface area contributed by atoms with Crippen LogP contribution >= 0.6 is 0 Å². The number of amides is 2. The van der Waals surface area contributed by atoms with Crippen LogP contribution in [0.1, 0.15) is 28.3 Å². The lowest BCUT2D eigenvalue weighted by Crippen LogP contribution is -2.45. The zero-order valence-electron chi connectivity index (χ0n) is 19.7. The molecule has 0 bridgehead atoms. The highest BCUT2D eigenvalue weighted by Gasteiger charge is 2.36. The molecule has 1 fully saturated rings. The SMILES string of the molecule is COc1ccc2nc(C(F)(F)F)nc(N3CCNC(=O)CCN(C(=O)c4cnnc(C)c4)CC3)c2c1. The zero-order valence-corrected chi connectivity index (χ0v) is 19.7. The number of carbonyl (C=O) groups excluding carboxylic acids is 2. The van der Waals surface area contributed by atoms with Gasteiger partial charge in [-0.1, -0.05) is 0 Å². The Morgan fingerprint density at radius 1 is 1.11 bits per heavy atom. The maximum absolute atomic E-state index is 13.6. The third-order valence-corrected chi connectivity index (χ3v) is 5.70. The van der Waals surface area contributed by atoms with Gasteiger partial charge in [-0.15, -0.1) is 0 Å². The van der Waals surface area contributed by atoms with Gasteiger partial charge >= 0.3 is 6.18 Å². The van der Waals surface area contributed by atoms with Crippen molar-refractivity contribution in [2.45, 2.75) is 19.5 Å². The number of methoxy groups -OCH3 is 1. The maximum Gasteiger partial charge on any atom is 0.451 e. The minimum Gasteiger partial charge on any atom is -0.497 e. The summed E-state index contributed by atoms with van der Waals surface area (Å²) in [5.74, 6) is -1.44. The Balaban J connectivity index is 1.73. The van der Waals surface area contributed by atoms with E-state index in [9.17, 15) is 22.8 Å². The molecule has 0 saturated carbocycles. The van der Waals surface area contributed by atoms with Crippen LogP contribution in [0, 0.1) is 6.92 Å². The molecule has 1 saturated heterocycles. The van der Waals surface area contributed by atoms with Crippen molar-refractivity contribution in [1.82, 2.24) is 30.4 Å². The lowest BCUT2D eigenvalue weighted by Gasteiger charge is -2.31. The van der Waals surface area contributed by atoms with Crippen molar-refractivity contribution >= 4 is 28.5 Å². The van der Waals surface area contributed by atoms with Gasteiger partial charge in [-0.25, -0.2) is 9.97 Å². The number of ether oxygens (including phenoxy) is 1. The number of benzene rings is 1. The Morgan fingerprint density at radius 2 is 1.92 bits per heavy atom. The molecule has 4 rings (SSSR count). The van der Waals surface area contributed by atoms with Gasteiger partial charge in [0, 0.05) is 44.5 Å². The van der Waals surface area contributed by atoms with Gasteiger partial charge in [0.05, 0.1) is 30.1 Å². The summed E-state index contributed by atoms with van der Waals surface area (Å²) >= 11 is 0. The number of hydrogen-bond donors (Lipinski definition) is 1. The summed E-state index contributed by atoms with van der Waals surface area (Å²) in [6, 6.07) is 6.11. The lowest BCUT2D eigenvalue weighted by atomic mass is 10.2. The van der Waals surface area contributed by atoms with Gasteiger partial charge in [-0.05, 0) is 31.2 Å². The molecule has 0 radical (unpaired) electrons. The van der Waals surface area contributed by atoms with Crippen LogP contribution in [0.3, 0.4) is 0 Å². The van der Waals surface area contributed by atoms with E-state index in [0.29, 0.717) is 22.4 Å². The van der Waals surface area contributed by atoms with E-state index in [4.69, 9.17) is 4.74 Å². The van der Waals surface area contributed by atoms with Crippen LogP contribution in [-0.4, -0.2) is 76.7 Å². The molecule has 190 valence electrons. The first kappa shape index (κ1) is 25.1. The highest BCUT2D eigenvalue weighted by atomic mass is 19.4. The average Bonchev–Trinajstić information content (AvgIpc) is 2.85. The fourth-order valence-electron chi connectivity index (χ4n) is 3.89. The smallest absolute Gasteiger partial charge is 0.451 e. The number of aromatic nitrogens is 4. The third kappa shape index (κ3) is 5.61. The molecule has 1 aliphatic heterocycles. The predicted molar refractivity (Wildman–Crippen MR) is 124 cm³/mol. The maximum atomic E-state index is 13.6. The number of aryl methyl sites for hydroxylation is 1. The third-order valence-electron chi connectivity index (χ3n) is 5.70. The van der Waals surface area contributed by atoms with Crippen molar-refractivity contribution in [3.63, 3.8) is 0 Å². The molecule has 2 amide bonds. The van der Waals surface area contributed by atoms with Gasteiger partial charge in [-0.2, -0.15) is 23.4 Å². The fraction of sp³-hybridized carbons (Fsp3) is 0.391. The Kier molecular flexibility index (Phi) is 7.17. The molecule has 0 aliphatic carbocycles. The number of alkyl halides is 3. The summed E-state index contributed by atoms with van der Waals surface area (Å²) in [6.45, 7) is 2.51. The molecule has 3 heterocycles. The zero-order chi connectivity index (χ0) is 25.9. The van der Waals surface area contributed by atoms with Crippen molar-refractivity contribution in [2.75, 3.05) is 44.7 Å². The van der Waals surface area contributed by atoms with Crippen molar-refractivity contribution in [1.29, 1.82) is 0 Å². The largest absolute Gasteiger partial charge is 0.497 e. The number of nitrogens with zero attached hydrogens (tertiary/aromatic N) is 6. The van der Waals surface area contributed by atoms with Gasteiger partial charge in [0.2, 0.25) is 11.7 Å². The first-order valence-corrected chi connectivity index (χ1v) is 11.2. The van der Waals surface area contributed by atoms with Crippen molar-refractivity contribution in [3.8, 4) is 5.75 Å². The summed E-state index contributed by atoms with van der Waals surface area (Å²) < 4.78 is 46.1. The van der Waals surface area contributed by atoms with Crippen molar-refractivity contribution in [2.24, 2.45) is 0 Å². The van der Waals surface area contributed by atoms with Gasteiger partial charge in [0.1, 0.15) is 11.6 Å². The molecular formula is C23H24F3N7O3. The van der Waals surface area contributed by atoms with E-state index >= 15 is 0 Å². The van der Waals surface area contributed by atoms with E-state index in [0.717, 1.165) is 0 Å². The number of rotatable bonds is 3. The second-order valence-electron chi connectivity index (χ2n) is 8.22. The van der Waals surface area contributed by atoms with E-state index in [-0.39, 0.29) is 62.3 Å². The lowest BCUT2D eigenvalue weighted by molar-refractivity contribution is -0.144. The van der Waals surface area contributed by atoms with Gasteiger partial charge in [0.25, 0.3) is 5.91 Å². The Bertz CT molecular complexity index is 1290. The highest BCUT2D eigenvalue weighted by Crippen LogP contribution is 2.33. The average molecular weight is 503 g/mol. The molecule has 13 heteroatoms. The predicted octanol–water partition coefficient (Wildman–Crippen LogP) is 2.22. The number of halogens is 3. The topological polar surface area (TPSA) is 113 Å². The number of anilines is 1. The second kappa shape index (κ2) is 10.3. The molecule has 1 aliphatic rings. The molecule has 10 nitrogen and oxygen atoms in total. The van der Waals surface area contributed by atoms with Crippen LogP contribution in [0.25, 0.3) is 10.9 Å². The highest BCUT2D eigenvalue weighted by molar-refractivity contribution is 5.94. The molecule has 2 aromatic heterocycles. The van der Waals surface area contributed by atoms with Crippen LogP contribution in [0.4, 0.5) is 19.0 Å². The Morgan fingerprint density at radius 3 is 2.64 bits per heavy atom. The number of nitrogens with one attached hydrogen (secondary N) is 1. The second-order valence-corrected chi connectivity index (χ2v) is 8.22. The molecule has 0 spiro atoms. The van der Waals surface area contributed by atoms with Crippen molar-refractivity contribution < 1.29 is 27.5 Å². The minimum absolute atomic E-state index is 0.0369. The van der Waals surface area contributed by atoms with E-state index in [1.54, 1.807) is 24.0 Å². The van der Waals surface area contributed by atoms with Gasteiger partial charge in [0.15, 0.2) is 0 Å². The number of carbonyl (C=O) groups is 2. The van der Waals surface area contributed by atoms with Crippen LogP contribution in [0.15, 0.2) is 30.5 Å². The Labute approximate surface area is 204 Å². The molecule has 0 atom stereocenters. The molecule has 1 aromatic carbocycles. The van der Waals surface area contributed by atoms with Crippen LogP contribution in [-0.2, 0) is 11.0 Å². The number of fused-ring (bicyclic) bond motifs is 1. The first-order valence-electron chi connectivity index (χ1n) is 11.2. The number of hydrogen-bond acceptors (Lipinski definition) is 8. The Hall–Kier alpha value is -4.03. The summed E-state index contributed by atoms with van der Waals surface area (Å²) in [6.07, 6.45) is -3.33. The van der Waals surface area contributed by atoms with E-state index in [1.807, 2.05) is 0 Å². The van der Waals surface area contributed by atoms with E-state index in [2.05, 4.69) is 25.5 Å². The summed E-state index contributed by atoms with van der Waals surface area (Å²) in [7, 11) is 1.45. The van der Waals surface area contributed by atoms with Crippen LogP contribution in [0.5, 0.6) is 5.75 Å². The molecule has 3 aromatic rings. The summed E-state index contributed by atoms with van der Waals surface area (Å²) in [5.41, 5.74) is 0.964. The summed E-state index contributed by atoms with van der Waals surface area (Å²) in [5, 5.41) is 10.8. The monoisotopic (exact) mass is 503 g/mol. The quantitative estimate of drug-likeness (QED) is 0.579. The van der Waals surface area contributed by atoms with E-state index in [1.165, 1.54) is 30.3 Å². The summed E-state index contributed by atoms with van der Waals surface area (Å²) in [4.78, 5) is 36.1. The van der Waals surface area contributed by atoms with Gasteiger partial charge in [-0.3, -0.25) is 9.59 Å². The minimum atomic E-state index is -4.76. The molecule has 0 unspecified atom stereocenters. The van der Waals surface area contributed by atoms with Gasteiger partial charge < -0.3 is 19.9 Å². The normalized spacial score (nSPS) is 15.5.